The first-order valence-electron chi connectivity index (χ1n) is 9.09. The second-order valence-corrected chi connectivity index (χ2v) is 7.48. The predicted molar refractivity (Wildman–Crippen MR) is 105 cm³/mol. The lowest BCUT2D eigenvalue weighted by Gasteiger charge is -2.30. The summed E-state index contributed by atoms with van der Waals surface area (Å²) in [7, 11) is 0. The number of rotatable bonds is 7. The molecular formula is C19H23BrN4O3. The lowest BCUT2D eigenvalue weighted by atomic mass is 10.1. The molecule has 144 valence electrons. The normalized spacial score (nSPS) is 14.7. The molecule has 2 heterocycles. The molecule has 0 unspecified atom stereocenters. The third-order valence-electron chi connectivity index (χ3n) is 4.55. The van der Waals surface area contributed by atoms with Crippen LogP contribution in [0, 0.1) is 0 Å². The summed E-state index contributed by atoms with van der Waals surface area (Å²) in [4.78, 5) is 29.2. The Hall–Kier alpha value is -2.19. The Morgan fingerprint density at radius 3 is 2.56 bits per heavy atom. The highest BCUT2D eigenvalue weighted by Crippen LogP contribution is 2.14. The number of aromatic nitrogens is 1. The Balaban J connectivity index is 1.65. The van der Waals surface area contributed by atoms with Gasteiger partial charge in [0.1, 0.15) is 12.8 Å². The van der Waals surface area contributed by atoms with Crippen LogP contribution in [-0.2, 0) is 4.79 Å². The van der Waals surface area contributed by atoms with E-state index in [-0.39, 0.29) is 18.4 Å². The summed E-state index contributed by atoms with van der Waals surface area (Å²) < 4.78 is 5.62. The average Bonchev–Trinajstić information content (AvgIpc) is 3.19. The van der Waals surface area contributed by atoms with Gasteiger partial charge in [-0.2, -0.15) is 0 Å². The Kier molecular flexibility index (Phi) is 7.00. The molecule has 1 N–H and O–H groups in total. The van der Waals surface area contributed by atoms with Crippen LogP contribution in [0.4, 0.5) is 5.82 Å². The topological polar surface area (TPSA) is 78.7 Å². The molecule has 1 saturated heterocycles. The van der Waals surface area contributed by atoms with Crippen molar-refractivity contribution in [2.24, 2.45) is 0 Å². The van der Waals surface area contributed by atoms with E-state index >= 15 is 0 Å². The quantitative estimate of drug-likeness (QED) is 0.724. The molecule has 2 aromatic rings. The third kappa shape index (κ3) is 5.90. The Bertz CT molecular complexity index is 743. The second kappa shape index (κ2) is 9.66. The molecule has 1 aromatic carbocycles. The number of benzene rings is 1. The summed E-state index contributed by atoms with van der Waals surface area (Å²) in [5.74, 6) is -0.116. The van der Waals surface area contributed by atoms with Crippen molar-refractivity contribution in [3.05, 3.63) is 46.6 Å². The molecule has 0 aliphatic carbocycles. The Morgan fingerprint density at radius 1 is 1.15 bits per heavy atom. The maximum atomic E-state index is 12.9. The van der Waals surface area contributed by atoms with Gasteiger partial charge in [-0.3, -0.25) is 9.59 Å². The smallest absolute Gasteiger partial charge is 0.254 e. The van der Waals surface area contributed by atoms with Crippen molar-refractivity contribution in [2.45, 2.75) is 19.3 Å². The molecule has 0 atom stereocenters. The number of nitrogens with zero attached hydrogens (tertiary/aromatic N) is 3. The first kappa shape index (κ1) is 19.6. The van der Waals surface area contributed by atoms with Gasteiger partial charge in [0.05, 0.1) is 0 Å². The minimum Gasteiger partial charge on any atom is -0.363 e. The Labute approximate surface area is 166 Å². The fourth-order valence-corrected chi connectivity index (χ4v) is 3.37. The highest BCUT2D eigenvalue weighted by molar-refractivity contribution is 9.10. The summed E-state index contributed by atoms with van der Waals surface area (Å²) >= 11 is 3.38. The van der Waals surface area contributed by atoms with Crippen molar-refractivity contribution in [3.8, 4) is 0 Å². The number of piperidine rings is 1. The molecular weight excluding hydrogens is 412 g/mol. The molecule has 1 aromatic heterocycles. The van der Waals surface area contributed by atoms with E-state index in [4.69, 9.17) is 4.52 Å². The van der Waals surface area contributed by atoms with Crippen molar-refractivity contribution < 1.29 is 14.1 Å². The molecule has 0 bridgehead atoms. The van der Waals surface area contributed by atoms with Crippen LogP contribution in [0.25, 0.3) is 0 Å². The molecule has 7 nitrogen and oxygen atoms in total. The number of likely N-dealkylation sites (tertiary alicyclic amines) is 1. The molecule has 0 saturated carbocycles. The van der Waals surface area contributed by atoms with E-state index in [1.165, 1.54) is 25.5 Å². The summed E-state index contributed by atoms with van der Waals surface area (Å²) in [5.41, 5.74) is 0.561. The number of carbonyl (C=O) groups excluding carboxylic acids is 2. The van der Waals surface area contributed by atoms with Crippen LogP contribution in [0.3, 0.4) is 0 Å². The molecule has 2 amide bonds. The number of anilines is 1. The maximum absolute atomic E-state index is 12.9. The number of nitrogens with one attached hydrogen (secondary N) is 1. The van der Waals surface area contributed by atoms with Crippen molar-refractivity contribution in [3.63, 3.8) is 0 Å². The summed E-state index contributed by atoms with van der Waals surface area (Å²) in [6.45, 7) is 3.33. The van der Waals surface area contributed by atoms with Gasteiger partial charge in [-0.15, -0.1) is 0 Å². The minimum atomic E-state index is -0.298. The fraction of sp³-hybridized carbons (Fsp3) is 0.421. The molecule has 1 aliphatic rings. The molecule has 0 spiro atoms. The highest BCUT2D eigenvalue weighted by atomic mass is 79.9. The molecule has 27 heavy (non-hydrogen) atoms. The van der Waals surface area contributed by atoms with E-state index < -0.39 is 0 Å². The van der Waals surface area contributed by atoms with Crippen LogP contribution in [0.2, 0.25) is 0 Å². The number of halogens is 1. The number of amides is 2. The largest absolute Gasteiger partial charge is 0.363 e. The summed E-state index contributed by atoms with van der Waals surface area (Å²) in [6, 6.07) is 8.73. The molecule has 1 fully saturated rings. The summed E-state index contributed by atoms with van der Waals surface area (Å²) in [6.07, 6.45) is 5.02. The van der Waals surface area contributed by atoms with Crippen LogP contribution in [-0.4, -0.2) is 59.5 Å². The van der Waals surface area contributed by atoms with Gasteiger partial charge in [0.15, 0.2) is 5.82 Å². The van der Waals surface area contributed by atoms with E-state index in [0.29, 0.717) is 17.9 Å². The van der Waals surface area contributed by atoms with Crippen LogP contribution >= 0.6 is 15.9 Å². The van der Waals surface area contributed by atoms with Crippen molar-refractivity contribution in [2.75, 3.05) is 38.0 Å². The van der Waals surface area contributed by atoms with Crippen molar-refractivity contribution in [1.29, 1.82) is 0 Å². The zero-order chi connectivity index (χ0) is 19.1. The lowest BCUT2D eigenvalue weighted by Crippen LogP contribution is -2.43. The number of carbonyl (C=O) groups is 2. The van der Waals surface area contributed by atoms with Crippen LogP contribution in [0.15, 0.2) is 45.6 Å². The summed E-state index contributed by atoms with van der Waals surface area (Å²) in [5, 5.41) is 6.32. The third-order valence-corrected chi connectivity index (χ3v) is 5.08. The van der Waals surface area contributed by atoms with Gasteiger partial charge in [0.25, 0.3) is 5.91 Å². The maximum Gasteiger partial charge on any atom is 0.254 e. The van der Waals surface area contributed by atoms with Gasteiger partial charge in [-0.1, -0.05) is 27.5 Å². The van der Waals surface area contributed by atoms with E-state index in [0.717, 1.165) is 24.1 Å². The Morgan fingerprint density at radius 2 is 1.89 bits per heavy atom. The van der Waals surface area contributed by atoms with E-state index in [2.05, 4.69) is 31.3 Å². The van der Waals surface area contributed by atoms with Crippen LogP contribution < -0.4 is 5.32 Å². The van der Waals surface area contributed by atoms with Crippen molar-refractivity contribution >= 4 is 33.6 Å². The molecule has 8 heteroatoms. The van der Waals surface area contributed by atoms with Gasteiger partial charge in [-0.05, 0) is 50.2 Å². The molecule has 3 rings (SSSR count). The van der Waals surface area contributed by atoms with Gasteiger partial charge in [0.2, 0.25) is 5.91 Å². The average molecular weight is 435 g/mol. The first-order chi connectivity index (χ1) is 13.1. The van der Waals surface area contributed by atoms with E-state index in [9.17, 15) is 9.59 Å². The monoisotopic (exact) mass is 434 g/mol. The number of hydrogen-bond donors (Lipinski definition) is 1. The molecule has 1 aliphatic heterocycles. The minimum absolute atomic E-state index is 0.0321. The zero-order valence-corrected chi connectivity index (χ0v) is 16.7. The van der Waals surface area contributed by atoms with Crippen LogP contribution in [0.5, 0.6) is 0 Å². The fourth-order valence-electron chi connectivity index (χ4n) is 3.11. The highest BCUT2D eigenvalue weighted by Gasteiger charge is 2.21. The molecule has 0 radical (unpaired) electrons. The van der Waals surface area contributed by atoms with Crippen LogP contribution in [0.1, 0.15) is 29.6 Å². The van der Waals surface area contributed by atoms with E-state index in [1.54, 1.807) is 23.1 Å². The SMILES string of the molecule is O=C(CN(CCN1CCCCC1)C(=O)c1ccc(Br)cc1)Nc1ccon1. The lowest BCUT2D eigenvalue weighted by molar-refractivity contribution is -0.117. The van der Waals surface area contributed by atoms with Crippen molar-refractivity contribution in [1.82, 2.24) is 15.0 Å². The zero-order valence-electron chi connectivity index (χ0n) is 15.1. The predicted octanol–water partition coefficient (Wildman–Crippen LogP) is 3.00. The van der Waals surface area contributed by atoms with Gasteiger partial charge < -0.3 is 19.6 Å². The second-order valence-electron chi connectivity index (χ2n) is 6.57. The van der Waals surface area contributed by atoms with E-state index in [1.807, 2.05) is 12.1 Å². The first-order valence-corrected chi connectivity index (χ1v) is 9.88. The van der Waals surface area contributed by atoms with Gasteiger partial charge >= 0.3 is 0 Å². The standard InChI is InChI=1S/C19H23BrN4O3/c20-16-6-4-15(5-7-16)19(26)24(12-11-23-9-2-1-3-10-23)14-18(25)21-17-8-13-27-22-17/h4-8,13H,1-3,9-12,14H2,(H,21,22,25). The van der Waals surface area contributed by atoms with Gasteiger partial charge in [0, 0.05) is 29.2 Å². The van der Waals surface area contributed by atoms with Gasteiger partial charge in [-0.25, -0.2) is 0 Å². The number of hydrogen-bond acceptors (Lipinski definition) is 5.